The minimum atomic E-state index is -0.513. The first-order valence-electron chi connectivity index (χ1n) is 4.62. The summed E-state index contributed by atoms with van der Waals surface area (Å²) in [4.78, 5) is 24.5. The lowest BCUT2D eigenvalue weighted by atomic mass is 10.1. The standard InChI is InChI=1S/C12H13NO2/c1-3-9-13(2)12(15)11(14)10-7-5-4-6-8-10/h3-8H,1,9H2,2H3. The summed E-state index contributed by atoms with van der Waals surface area (Å²) in [7, 11) is 1.57. The van der Waals surface area contributed by atoms with E-state index in [0.717, 1.165) is 0 Å². The number of rotatable bonds is 4. The molecule has 0 saturated carbocycles. The maximum absolute atomic E-state index is 11.6. The Bertz CT molecular complexity index is 370. The van der Waals surface area contributed by atoms with E-state index in [9.17, 15) is 9.59 Å². The topological polar surface area (TPSA) is 37.4 Å². The molecule has 0 aliphatic rings. The van der Waals surface area contributed by atoms with Crippen LogP contribution in [0.5, 0.6) is 0 Å². The number of Topliss-reactive ketones (excluding diaryl/α,β-unsaturated/α-hetero) is 1. The highest BCUT2D eigenvalue weighted by molar-refractivity contribution is 6.42. The van der Waals surface area contributed by atoms with E-state index in [0.29, 0.717) is 12.1 Å². The molecule has 0 spiro atoms. The lowest BCUT2D eigenvalue weighted by Gasteiger charge is -2.13. The van der Waals surface area contributed by atoms with Crippen molar-refractivity contribution >= 4 is 11.7 Å². The lowest BCUT2D eigenvalue weighted by Crippen LogP contribution is -2.33. The minimum Gasteiger partial charge on any atom is -0.335 e. The summed E-state index contributed by atoms with van der Waals surface area (Å²) in [6, 6.07) is 8.51. The maximum atomic E-state index is 11.6. The van der Waals surface area contributed by atoms with Crippen molar-refractivity contribution in [3.05, 3.63) is 48.6 Å². The molecule has 0 unspecified atom stereocenters. The molecule has 1 aromatic carbocycles. The molecular weight excluding hydrogens is 190 g/mol. The van der Waals surface area contributed by atoms with Gasteiger partial charge in [-0.05, 0) is 0 Å². The summed E-state index contributed by atoms with van der Waals surface area (Å²) < 4.78 is 0. The van der Waals surface area contributed by atoms with Gasteiger partial charge in [-0.25, -0.2) is 0 Å². The molecule has 78 valence electrons. The van der Waals surface area contributed by atoms with Crippen LogP contribution in [-0.4, -0.2) is 30.2 Å². The molecule has 0 N–H and O–H groups in total. The molecule has 1 rings (SSSR count). The third-order valence-corrected chi connectivity index (χ3v) is 1.98. The minimum absolute atomic E-state index is 0.372. The number of nitrogens with zero attached hydrogens (tertiary/aromatic N) is 1. The molecule has 15 heavy (non-hydrogen) atoms. The zero-order valence-corrected chi connectivity index (χ0v) is 8.64. The Morgan fingerprint density at radius 1 is 1.33 bits per heavy atom. The van der Waals surface area contributed by atoms with Crippen LogP contribution in [0.25, 0.3) is 0 Å². The molecule has 0 atom stereocenters. The van der Waals surface area contributed by atoms with Gasteiger partial charge in [0.25, 0.3) is 5.91 Å². The van der Waals surface area contributed by atoms with Crippen molar-refractivity contribution in [3.8, 4) is 0 Å². The summed E-state index contributed by atoms with van der Waals surface area (Å²) in [5.74, 6) is -0.999. The van der Waals surface area contributed by atoms with Gasteiger partial charge in [0.2, 0.25) is 5.78 Å². The van der Waals surface area contributed by atoms with Gasteiger partial charge in [0.15, 0.2) is 0 Å². The Kier molecular flexibility index (Phi) is 3.80. The van der Waals surface area contributed by atoms with E-state index in [1.807, 2.05) is 0 Å². The fraction of sp³-hybridized carbons (Fsp3) is 0.167. The van der Waals surface area contributed by atoms with Crippen LogP contribution in [0, 0.1) is 0 Å². The first kappa shape index (κ1) is 11.2. The molecule has 0 bridgehead atoms. The van der Waals surface area contributed by atoms with E-state index in [1.165, 1.54) is 4.90 Å². The lowest BCUT2D eigenvalue weighted by molar-refractivity contribution is -0.124. The molecule has 3 nitrogen and oxygen atoms in total. The van der Waals surface area contributed by atoms with Gasteiger partial charge in [-0.2, -0.15) is 0 Å². The molecule has 1 amide bonds. The van der Waals surface area contributed by atoms with Gasteiger partial charge in [0.05, 0.1) is 0 Å². The zero-order chi connectivity index (χ0) is 11.3. The molecule has 0 aliphatic heterocycles. The van der Waals surface area contributed by atoms with Gasteiger partial charge in [0.1, 0.15) is 0 Å². The van der Waals surface area contributed by atoms with Crippen LogP contribution >= 0.6 is 0 Å². The van der Waals surface area contributed by atoms with Crippen molar-refractivity contribution in [2.24, 2.45) is 0 Å². The molecule has 0 saturated heterocycles. The van der Waals surface area contributed by atoms with Crippen LogP contribution in [0.1, 0.15) is 10.4 Å². The number of amides is 1. The fourth-order valence-corrected chi connectivity index (χ4v) is 1.16. The van der Waals surface area contributed by atoms with Gasteiger partial charge < -0.3 is 4.90 Å². The quantitative estimate of drug-likeness (QED) is 0.422. The van der Waals surface area contributed by atoms with E-state index in [1.54, 1.807) is 43.5 Å². The van der Waals surface area contributed by atoms with Crippen LogP contribution in [0.3, 0.4) is 0 Å². The number of carbonyl (C=O) groups excluding carboxylic acids is 2. The van der Waals surface area contributed by atoms with Crippen molar-refractivity contribution in [2.45, 2.75) is 0 Å². The monoisotopic (exact) mass is 203 g/mol. The van der Waals surface area contributed by atoms with E-state index in [4.69, 9.17) is 0 Å². The van der Waals surface area contributed by atoms with E-state index in [2.05, 4.69) is 6.58 Å². The third-order valence-electron chi connectivity index (χ3n) is 1.98. The predicted molar refractivity (Wildman–Crippen MR) is 58.6 cm³/mol. The van der Waals surface area contributed by atoms with E-state index < -0.39 is 11.7 Å². The second kappa shape index (κ2) is 5.10. The Balaban J connectivity index is 2.78. The highest BCUT2D eigenvalue weighted by Crippen LogP contribution is 2.02. The largest absolute Gasteiger partial charge is 0.335 e. The summed E-state index contributed by atoms with van der Waals surface area (Å²) in [6.07, 6.45) is 1.58. The number of ketones is 1. The Labute approximate surface area is 89.0 Å². The number of hydrogen-bond donors (Lipinski definition) is 0. The van der Waals surface area contributed by atoms with Crippen LogP contribution in [-0.2, 0) is 4.79 Å². The second-order valence-corrected chi connectivity index (χ2v) is 3.17. The molecule has 0 fully saturated rings. The van der Waals surface area contributed by atoms with Crippen molar-refractivity contribution in [2.75, 3.05) is 13.6 Å². The van der Waals surface area contributed by atoms with Gasteiger partial charge in [-0.15, -0.1) is 6.58 Å². The second-order valence-electron chi connectivity index (χ2n) is 3.17. The van der Waals surface area contributed by atoms with Crippen molar-refractivity contribution in [1.82, 2.24) is 4.90 Å². The molecule has 0 radical (unpaired) electrons. The normalized spacial score (nSPS) is 9.40. The molecule has 3 heteroatoms. The van der Waals surface area contributed by atoms with Crippen molar-refractivity contribution < 1.29 is 9.59 Å². The van der Waals surface area contributed by atoms with Gasteiger partial charge in [-0.3, -0.25) is 9.59 Å². The summed E-state index contributed by atoms with van der Waals surface area (Å²) in [5, 5.41) is 0. The van der Waals surface area contributed by atoms with Crippen LogP contribution in [0.4, 0.5) is 0 Å². The molecule has 1 aromatic rings. The van der Waals surface area contributed by atoms with E-state index >= 15 is 0 Å². The average molecular weight is 203 g/mol. The Morgan fingerprint density at radius 2 is 1.93 bits per heavy atom. The summed E-state index contributed by atoms with van der Waals surface area (Å²) >= 11 is 0. The Morgan fingerprint density at radius 3 is 2.47 bits per heavy atom. The van der Waals surface area contributed by atoms with Crippen molar-refractivity contribution in [1.29, 1.82) is 0 Å². The van der Waals surface area contributed by atoms with Gasteiger partial charge in [0, 0.05) is 19.2 Å². The highest BCUT2D eigenvalue weighted by atomic mass is 16.2. The molecule has 0 aliphatic carbocycles. The number of carbonyl (C=O) groups is 2. The van der Waals surface area contributed by atoms with Crippen LogP contribution < -0.4 is 0 Å². The summed E-state index contributed by atoms with van der Waals surface area (Å²) in [6.45, 7) is 3.88. The fourth-order valence-electron chi connectivity index (χ4n) is 1.16. The first-order valence-corrected chi connectivity index (χ1v) is 4.62. The Hall–Kier alpha value is -1.90. The molecule has 0 aromatic heterocycles. The zero-order valence-electron chi connectivity index (χ0n) is 8.64. The summed E-state index contributed by atoms with van der Waals surface area (Å²) in [5.41, 5.74) is 0.415. The molecular formula is C12H13NO2. The van der Waals surface area contributed by atoms with Crippen molar-refractivity contribution in [3.63, 3.8) is 0 Å². The number of likely N-dealkylation sites (N-methyl/N-ethyl adjacent to an activating group) is 1. The number of hydrogen-bond acceptors (Lipinski definition) is 2. The average Bonchev–Trinajstić information content (AvgIpc) is 2.28. The molecule has 0 heterocycles. The van der Waals surface area contributed by atoms with Crippen LogP contribution in [0.2, 0.25) is 0 Å². The van der Waals surface area contributed by atoms with Gasteiger partial charge in [-0.1, -0.05) is 36.4 Å². The maximum Gasteiger partial charge on any atom is 0.294 e. The van der Waals surface area contributed by atoms with E-state index in [-0.39, 0.29) is 0 Å². The predicted octanol–water partition coefficient (Wildman–Crippen LogP) is 1.51. The smallest absolute Gasteiger partial charge is 0.294 e. The highest BCUT2D eigenvalue weighted by Gasteiger charge is 2.18. The van der Waals surface area contributed by atoms with Crippen LogP contribution in [0.15, 0.2) is 43.0 Å². The first-order chi connectivity index (χ1) is 7.16. The SMILES string of the molecule is C=CCN(C)C(=O)C(=O)c1ccccc1. The third kappa shape index (κ3) is 2.77. The number of benzene rings is 1. The van der Waals surface area contributed by atoms with Gasteiger partial charge >= 0.3 is 0 Å².